The summed E-state index contributed by atoms with van der Waals surface area (Å²) in [7, 11) is 5.44. The van der Waals surface area contributed by atoms with Crippen LogP contribution in [0, 0.1) is 6.92 Å². The number of aryl methyl sites for hydroxylation is 1. The minimum atomic E-state index is -0.119. The van der Waals surface area contributed by atoms with E-state index in [1.54, 1.807) is 19.3 Å². The predicted octanol–water partition coefficient (Wildman–Crippen LogP) is 3.56. The molecule has 0 saturated heterocycles. The highest BCUT2D eigenvalue weighted by atomic mass is 16.5. The third-order valence-corrected chi connectivity index (χ3v) is 3.13. The molecule has 21 heavy (non-hydrogen) atoms. The van der Waals surface area contributed by atoms with E-state index >= 15 is 0 Å². The van der Waals surface area contributed by atoms with E-state index in [0.717, 1.165) is 11.4 Å². The Kier molecular flexibility index (Phi) is 4.48. The highest BCUT2D eigenvalue weighted by molar-refractivity contribution is 6.08. The van der Waals surface area contributed by atoms with Crippen LogP contribution in [0.5, 0.6) is 5.75 Å². The maximum atomic E-state index is 12.3. The summed E-state index contributed by atoms with van der Waals surface area (Å²) in [6.07, 6.45) is 3.15. The van der Waals surface area contributed by atoms with Crippen LogP contribution in [-0.2, 0) is 0 Å². The maximum absolute atomic E-state index is 12.3. The second kappa shape index (κ2) is 6.31. The van der Waals surface area contributed by atoms with Gasteiger partial charge in [0.1, 0.15) is 17.3 Å². The molecule has 2 aromatic rings. The second-order valence-corrected chi connectivity index (χ2v) is 4.93. The van der Waals surface area contributed by atoms with Crippen molar-refractivity contribution in [3.63, 3.8) is 0 Å². The summed E-state index contributed by atoms with van der Waals surface area (Å²) in [4.78, 5) is 14.2. The molecule has 1 heterocycles. The Labute approximate surface area is 124 Å². The van der Waals surface area contributed by atoms with Gasteiger partial charge in [0.15, 0.2) is 5.78 Å². The molecule has 0 bridgehead atoms. The lowest BCUT2D eigenvalue weighted by molar-refractivity contribution is 0.104. The van der Waals surface area contributed by atoms with Gasteiger partial charge in [-0.05, 0) is 43.3 Å². The molecule has 1 aromatic heterocycles. The fourth-order valence-corrected chi connectivity index (χ4v) is 1.95. The van der Waals surface area contributed by atoms with Gasteiger partial charge < -0.3 is 14.1 Å². The smallest absolute Gasteiger partial charge is 0.189 e. The first kappa shape index (κ1) is 14.9. The van der Waals surface area contributed by atoms with Gasteiger partial charge in [-0.1, -0.05) is 0 Å². The number of benzene rings is 1. The minimum absolute atomic E-state index is 0.119. The van der Waals surface area contributed by atoms with Gasteiger partial charge in [0.25, 0.3) is 0 Å². The lowest BCUT2D eigenvalue weighted by Gasteiger charge is -2.15. The molecule has 110 valence electrons. The van der Waals surface area contributed by atoms with E-state index in [4.69, 9.17) is 9.15 Å². The molecule has 4 heteroatoms. The largest absolute Gasteiger partial charge is 0.496 e. The molecular weight excluding hydrogens is 266 g/mol. The monoisotopic (exact) mass is 285 g/mol. The Morgan fingerprint density at radius 1 is 1.24 bits per heavy atom. The zero-order chi connectivity index (χ0) is 15.4. The summed E-state index contributed by atoms with van der Waals surface area (Å²) in [5, 5.41) is 0. The lowest BCUT2D eigenvalue weighted by atomic mass is 10.1. The van der Waals surface area contributed by atoms with E-state index in [2.05, 4.69) is 0 Å². The Balaban J connectivity index is 2.24. The van der Waals surface area contributed by atoms with E-state index in [9.17, 15) is 4.79 Å². The molecule has 0 atom stereocenters. The van der Waals surface area contributed by atoms with Gasteiger partial charge in [-0.2, -0.15) is 0 Å². The summed E-state index contributed by atoms with van der Waals surface area (Å²) < 4.78 is 10.7. The SMILES string of the molecule is COc1cc(N(C)C)ccc1C(=O)/C=C/c1ccc(C)o1. The number of rotatable bonds is 5. The van der Waals surface area contributed by atoms with Gasteiger partial charge in [-0.25, -0.2) is 0 Å². The average molecular weight is 285 g/mol. The van der Waals surface area contributed by atoms with Gasteiger partial charge in [-0.3, -0.25) is 4.79 Å². The summed E-state index contributed by atoms with van der Waals surface area (Å²) in [5.41, 5.74) is 1.51. The molecule has 0 saturated carbocycles. The number of nitrogens with zero attached hydrogens (tertiary/aromatic N) is 1. The predicted molar refractivity (Wildman–Crippen MR) is 84.1 cm³/mol. The number of hydrogen-bond donors (Lipinski definition) is 0. The van der Waals surface area contributed by atoms with E-state index in [0.29, 0.717) is 17.1 Å². The highest BCUT2D eigenvalue weighted by Gasteiger charge is 2.11. The van der Waals surface area contributed by atoms with Crippen LogP contribution in [0.3, 0.4) is 0 Å². The van der Waals surface area contributed by atoms with Crippen molar-refractivity contribution in [2.75, 3.05) is 26.1 Å². The lowest BCUT2D eigenvalue weighted by Crippen LogP contribution is -2.09. The Bertz CT molecular complexity index is 668. The zero-order valence-corrected chi connectivity index (χ0v) is 12.7. The van der Waals surface area contributed by atoms with Crippen molar-refractivity contribution in [2.24, 2.45) is 0 Å². The first-order valence-electron chi connectivity index (χ1n) is 6.65. The second-order valence-electron chi connectivity index (χ2n) is 4.93. The number of anilines is 1. The molecule has 0 unspecified atom stereocenters. The number of hydrogen-bond acceptors (Lipinski definition) is 4. The number of methoxy groups -OCH3 is 1. The van der Waals surface area contributed by atoms with Crippen molar-refractivity contribution in [3.05, 3.63) is 53.5 Å². The van der Waals surface area contributed by atoms with Crippen molar-refractivity contribution in [1.29, 1.82) is 0 Å². The molecule has 0 amide bonds. The molecule has 0 aliphatic heterocycles. The maximum Gasteiger partial charge on any atom is 0.189 e. The number of ketones is 1. The van der Waals surface area contributed by atoms with Crippen LogP contribution < -0.4 is 9.64 Å². The van der Waals surface area contributed by atoms with Crippen molar-refractivity contribution >= 4 is 17.5 Å². The zero-order valence-electron chi connectivity index (χ0n) is 12.7. The third kappa shape index (κ3) is 3.54. The van der Waals surface area contributed by atoms with E-state index < -0.39 is 0 Å². The molecule has 0 aliphatic rings. The molecule has 1 aromatic carbocycles. The molecule has 0 fully saturated rings. The van der Waals surface area contributed by atoms with Crippen LogP contribution in [0.4, 0.5) is 5.69 Å². The van der Waals surface area contributed by atoms with Gasteiger partial charge in [-0.15, -0.1) is 0 Å². The minimum Gasteiger partial charge on any atom is -0.496 e. The van der Waals surface area contributed by atoms with Gasteiger partial charge >= 0.3 is 0 Å². The highest BCUT2D eigenvalue weighted by Crippen LogP contribution is 2.25. The first-order chi connectivity index (χ1) is 10.0. The number of carbonyl (C=O) groups is 1. The number of carbonyl (C=O) groups excluding carboxylic acids is 1. The fourth-order valence-electron chi connectivity index (χ4n) is 1.95. The van der Waals surface area contributed by atoms with E-state index in [-0.39, 0.29) is 5.78 Å². The summed E-state index contributed by atoms with van der Waals surface area (Å²) in [6.45, 7) is 1.86. The summed E-state index contributed by atoms with van der Waals surface area (Å²) >= 11 is 0. The molecule has 0 N–H and O–H groups in total. The molecule has 4 nitrogen and oxygen atoms in total. The third-order valence-electron chi connectivity index (χ3n) is 3.13. The van der Waals surface area contributed by atoms with Crippen LogP contribution in [0.2, 0.25) is 0 Å². The molecule has 0 radical (unpaired) electrons. The topological polar surface area (TPSA) is 42.7 Å². The Morgan fingerprint density at radius 3 is 2.57 bits per heavy atom. The van der Waals surface area contributed by atoms with Crippen LogP contribution in [0.25, 0.3) is 6.08 Å². The number of allylic oxidation sites excluding steroid dienone is 1. The molecular formula is C17H19NO3. The van der Waals surface area contributed by atoms with Crippen LogP contribution >= 0.6 is 0 Å². The van der Waals surface area contributed by atoms with Crippen molar-refractivity contribution < 1.29 is 13.9 Å². The Morgan fingerprint density at radius 2 is 2.00 bits per heavy atom. The van der Waals surface area contributed by atoms with E-state index in [1.165, 1.54) is 6.08 Å². The molecule has 0 aliphatic carbocycles. The van der Waals surface area contributed by atoms with Gasteiger partial charge in [0.2, 0.25) is 0 Å². The molecule has 0 spiro atoms. The van der Waals surface area contributed by atoms with Crippen molar-refractivity contribution in [1.82, 2.24) is 0 Å². The number of furan rings is 1. The van der Waals surface area contributed by atoms with Crippen LogP contribution in [-0.4, -0.2) is 27.0 Å². The van der Waals surface area contributed by atoms with Crippen molar-refractivity contribution in [2.45, 2.75) is 6.92 Å². The fraction of sp³-hybridized carbons (Fsp3) is 0.235. The average Bonchev–Trinajstić information content (AvgIpc) is 2.89. The van der Waals surface area contributed by atoms with Crippen molar-refractivity contribution in [3.8, 4) is 5.75 Å². The normalized spacial score (nSPS) is 10.9. The van der Waals surface area contributed by atoms with Crippen LogP contribution in [0.1, 0.15) is 21.9 Å². The molecule has 2 rings (SSSR count). The summed E-state index contributed by atoms with van der Waals surface area (Å²) in [6, 6.07) is 9.19. The van der Waals surface area contributed by atoms with Gasteiger partial charge in [0.05, 0.1) is 12.7 Å². The van der Waals surface area contributed by atoms with Gasteiger partial charge in [0, 0.05) is 25.8 Å². The number of ether oxygens (including phenoxy) is 1. The van der Waals surface area contributed by atoms with E-state index in [1.807, 2.05) is 50.2 Å². The Hall–Kier alpha value is -2.49. The van der Waals surface area contributed by atoms with Crippen LogP contribution in [0.15, 0.2) is 40.8 Å². The standard InChI is InChI=1S/C17H19NO3/c1-12-5-7-14(21-12)8-10-16(19)15-9-6-13(18(2)3)11-17(15)20-4/h5-11H,1-4H3/b10-8+. The first-order valence-corrected chi connectivity index (χ1v) is 6.65. The summed E-state index contributed by atoms with van der Waals surface area (Å²) in [5.74, 6) is 1.91. The quantitative estimate of drug-likeness (QED) is 0.622.